The van der Waals surface area contributed by atoms with Gasteiger partial charge in [-0.15, -0.1) is 0 Å². The van der Waals surface area contributed by atoms with Gasteiger partial charge in [-0.05, 0) is 6.42 Å². The Morgan fingerprint density at radius 1 is 1.73 bits per heavy atom. The van der Waals surface area contributed by atoms with Crippen molar-refractivity contribution in [3.63, 3.8) is 0 Å². The smallest absolute Gasteiger partial charge is 0.121 e. The van der Waals surface area contributed by atoms with E-state index in [1.807, 2.05) is 18.9 Å². The summed E-state index contributed by atoms with van der Waals surface area (Å²) in [7, 11) is 1.87. The second-order valence-electron chi connectivity index (χ2n) is 2.50. The van der Waals surface area contributed by atoms with Crippen molar-refractivity contribution in [1.29, 1.82) is 0 Å². The molecule has 0 aliphatic carbocycles. The molecular weight excluding hydrogens is 162 g/mol. The quantitative estimate of drug-likeness (QED) is 0.646. The molecule has 0 amide bonds. The number of nitrogens with zero attached hydrogens (tertiary/aromatic N) is 2. The van der Waals surface area contributed by atoms with E-state index in [9.17, 15) is 0 Å². The van der Waals surface area contributed by atoms with Crippen molar-refractivity contribution >= 4 is 17.3 Å². The van der Waals surface area contributed by atoms with Gasteiger partial charge in [0.1, 0.15) is 17.5 Å². The molecule has 1 heterocycles. The monoisotopic (exact) mass is 173 g/mol. The minimum atomic E-state index is 0.598. The molecule has 1 rings (SSSR count). The summed E-state index contributed by atoms with van der Waals surface area (Å²) in [4.78, 5) is 6.05. The highest BCUT2D eigenvalue weighted by atomic mass is 35.5. The lowest BCUT2D eigenvalue weighted by Gasteiger charge is -2.23. The largest absolute Gasteiger partial charge is 0.384 e. The maximum absolute atomic E-state index is 5.91. The van der Waals surface area contributed by atoms with Crippen molar-refractivity contribution in [3.8, 4) is 0 Å². The second kappa shape index (κ2) is 3.13. The Balaban J connectivity index is 2.90. The number of nitrogens with two attached hydrogens (primary N) is 1. The molecule has 2 N–H and O–H groups in total. The van der Waals surface area contributed by atoms with Crippen LogP contribution >= 0.6 is 11.6 Å². The predicted octanol–water partition coefficient (Wildman–Crippen LogP) is 1.11. The molecule has 0 atom stereocenters. The third kappa shape index (κ3) is 1.48. The summed E-state index contributed by atoms with van der Waals surface area (Å²) in [6.45, 7) is 2.63. The highest BCUT2D eigenvalue weighted by Crippen LogP contribution is 2.16. The first kappa shape index (κ1) is 8.40. The van der Waals surface area contributed by atoms with E-state index in [-0.39, 0.29) is 0 Å². The zero-order chi connectivity index (χ0) is 8.43. The number of aliphatic imine (C=N–C) groups is 1. The maximum atomic E-state index is 5.91. The second-order valence-corrected chi connectivity index (χ2v) is 2.87. The number of rotatable bonds is 1. The Labute approximate surface area is 71.5 Å². The molecule has 0 aromatic carbocycles. The van der Waals surface area contributed by atoms with Gasteiger partial charge in [0.15, 0.2) is 0 Å². The van der Waals surface area contributed by atoms with E-state index in [4.69, 9.17) is 17.3 Å². The third-order valence-corrected chi connectivity index (χ3v) is 2.11. The van der Waals surface area contributed by atoms with Gasteiger partial charge >= 0.3 is 0 Å². The van der Waals surface area contributed by atoms with Crippen molar-refractivity contribution in [2.45, 2.75) is 13.3 Å². The SMILES string of the molecule is CCC1=NCN(C)C(N)=C1Cl. The molecular formula is C7H12ClN3. The van der Waals surface area contributed by atoms with Crippen LogP contribution in [0.4, 0.5) is 0 Å². The number of hydrogen-bond donors (Lipinski definition) is 1. The van der Waals surface area contributed by atoms with Crippen molar-refractivity contribution < 1.29 is 0 Å². The minimum Gasteiger partial charge on any atom is -0.384 e. The first-order valence-electron chi connectivity index (χ1n) is 3.57. The summed E-state index contributed by atoms with van der Waals surface area (Å²) >= 11 is 5.91. The standard InChI is InChI=1S/C7H12ClN3/c1-3-5-6(8)7(9)11(2)4-10-5/h3-4,9H2,1-2H3. The van der Waals surface area contributed by atoms with Gasteiger partial charge in [0.2, 0.25) is 0 Å². The number of allylic oxidation sites excluding steroid dienone is 1. The van der Waals surface area contributed by atoms with Gasteiger partial charge < -0.3 is 10.6 Å². The summed E-state index contributed by atoms with van der Waals surface area (Å²) in [5.74, 6) is 0.624. The van der Waals surface area contributed by atoms with Gasteiger partial charge in [-0.3, -0.25) is 4.99 Å². The molecule has 0 aromatic rings. The Hall–Kier alpha value is -0.700. The van der Waals surface area contributed by atoms with E-state index in [2.05, 4.69) is 4.99 Å². The predicted molar refractivity (Wildman–Crippen MR) is 47.4 cm³/mol. The Morgan fingerprint density at radius 3 is 2.91 bits per heavy atom. The van der Waals surface area contributed by atoms with Crippen LogP contribution in [0.25, 0.3) is 0 Å². The van der Waals surface area contributed by atoms with E-state index in [0.717, 1.165) is 12.1 Å². The Bertz CT molecular complexity index is 220. The van der Waals surface area contributed by atoms with Gasteiger partial charge in [0, 0.05) is 7.05 Å². The normalized spacial score (nSPS) is 18.8. The van der Waals surface area contributed by atoms with Crippen LogP contribution in [0.15, 0.2) is 15.8 Å². The average Bonchev–Trinajstić information content (AvgIpc) is 2.01. The Morgan fingerprint density at radius 2 is 2.36 bits per heavy atom. The molecule has 62 valence electrons. The lowest BCUT2D eigenvalue weighted by atomic mass is 10.2. The zero-order valence-electron chi connectivity index (χ0n) is 6.76. The number of halogens is 1. The summed E-state index contributed by atoms with van der Waals surface area (Å²) in [5, 5.41) is 0.598. The zero-order valence-corrected chi connectivity index (χ0v) is 7.52. The van der Waals surface area contributed by atoms with Crippen molar-refractivity contribution in [1.82, 2.24) is 4.90 Å². The highest BCUT2D eigenvalue weighted by molar-refractivity contribution is 6.43. The first-order chi connectivity index (χ1) is 5.16. The molecule has 11 heavy (non-hydrogen) atoms. The molecule has 1 aliphatic rings. The maximum Gasteiger partial charge on any atom is 0.121 e. The van der Waals surface area contributed by atoms with Gasteiger partial charge in [-0.2, -0.15) is 0 Å². The van der Waals surface area contributed by atoms with Crippen molar-refractivity contribution in [3.05, 3.63) is 10.9 Å². The molecule has 0 unspecified atom stereocenters. The van der Waals surface area contributed by atoms with Crippen molar-refractivity contribution in [2.75, 3.05) is 13.7 Å². The summed E-state index contributed by atoms with van der Waals surface area (Å²) in [5.41, 5.74) is 6.59. The van der Waals surface area contributed by atoms with Crippen LogP contribution in [-0.4, -0.2) is 24.3 Å². The summed E-state index contributed by atoms with van der Waals surface area (Å²) in [6, 6.07) is 0. The molecule has 0 bridgehead atoms. The highest BCUT2D eigenvalue weighted by Gasteiger charge is 2.14. The third-order valence-electron chi connectivity index (χ3n) is 1.70. The molecule has 0 radical (unpaired) electrons. The van der Waals surface area contributed by atoms with Gasteiger partial charge in [-0.25, -0.2) is 0 Å². The van der Waals surface area contributed by atoms with Crippen LogP contribution in [0.1, 0.15) is 13.3 Å². The molecule has 0 aromatic heterocycles. The van der Waals surface area contributed by atoms with Crippen LogP contribution in [0.2, 0.25) is 0 Å². The lowest BCUT2D eigenvalue weighted by molar-refractivity contribution is 0.420. The fourth-order valence-corrected chi connectivity index (χ4v) is 1.26. The van der Waals surface area contributed by atoms with E-state index in [0.29, 0.717) is 17.5 Å². The molecule has 4 heteroatoms. The summed E-state index contributed by atoms with van der Waals surface area (Å²) < 4.78 is 0. The molecule has 0 saturated heterocycles. The van der Waals surface area contributed by atoms with E-state index in [1.165, 1.54) is 0 Å². The van der Waals surface area contributed by atoms with E-state index < -0.39 is 0 Å². The molecule has 0 saturated carbocycles. The van der Waals surface area contributed by atoms with Crippen LogP contribution < -0.4 is 5.73 Å². The van der Waals surface area contributed by atoms with Gasteiger partial charge in [0.25, 0.3) is 0 Å². The molecule has 0 spiro atoms. The lowest BCUT2D eigenvalue weighted by Crippen LogP contribution is -2.30. The molecule has 3 nitrogen and oxygen atoms in total. The number of hydrogen-bond acceptors (Lipinski definition) is 3. The average molecular weight is 174 g/mol. The molecule has 0 fully saturated rings. The van der Waals surface area contributed by atoms with Crippen LogP contribution in [0.5, 0.6) is 0 Å². The van der Waals surface area contributed by atoms with Crippen LogP contribution in [-0.2, 0) is 0 Å². The summed E-state index contributed by atoms with van der Waals surface area (Å²) in [6.07, 6.45) is 0.841. The first-order valence-corrected chi connectivity index (χ1v) is 3.94. The van der Waals surface area contributed by atoms with Crippen LogP contribution in [0.3, 0.4) is 0 Å². The van der Waals surface area contributed by atoms with Gasteiger partial charge in [-0.1, -0.05) is 18.5 Å². The molecule has 1 aliphatic heterocycles. The topological polar surface area (TPSA) is 41.6 Å². The van der Waals surface area contributed by atoms with Crippen LogP contribution in [0, 0.1) is 0 Å². The fraction of sp³-hybridized carbons (Fsp3) is 0.571. The van der Waals surface area contributed by atoms with E-state index >= 15 is 0 Å². The van der Waals surface area contributed by atoms with Crippen molar-refractivity contribution in [2.24, 2.45) is 10.7 Å². The Kier molecular flexibility index (Phi) is 2.39. The van der Waals surface area contributed by atoms with Gasteiger partial charge in [0.05, 0.1) is 5.71 Å². The minimum absolute atomic E-state index is 0.598. The van der Waals surface area contributed by atoms with E-state index in [1.54, 1.807) is 0 Å². The fourth-order valence-electron chi connectivity index (χ4n) is 0.919.